The molecule has 0 saturated heterocycles. The van der Waals surface area contributed by atoms with Gasteiger partial charge in [0, 0.05) is 16.8 Å². The van der Waals surface area contributed by atoms with Crippen LogP contribution in [-0.4, -0.2) is 18.1 Å². The number of rotatable bonds is 4. The number of hydrogen-bond donors (Lipinski definition) is 1. The van der Waals surface area contributed by atoms with Crippen LogP contribution in [0.25, 0.3) is 0 Å². The van der Waals surface area contributed by atoms with Gasteiger partial charge in [-0.3, -0.25) is 0 Å². The molecule has 0 amide bonds. The third kappa shape index (κ3) is 2.34. The zero-order valence-electron chi connectivity index (χ0n) is 9.72. The molecule has 0 bridgehead atoms. The Bertz CT molecular complexity index is 270. The molecule has 1 rings (SSSR count). The molecule has 14 heavy (non-hydrogen) atoms. The average molecular weight is 212 g/mol. The molecule has 0 spiro atoms. The Labute approximate surface area is 90.8 Å². The molecule has 0 saturated carbocycles. The van der Waals surface area contributed by atoms with E-state index in [1.165, 1.54) is 15.6 Å². The highest BCUT2D eigenvalue weighted by Gasteiger charge is 2.19. The Hall–Kier alpha value is -0.410. The van der Waals surface area contributed by atoms with E-state index in [-0.39, 0.29) is 0 Å². The molecule has 0 aliphatic rings. The third-order valence-electron chi connectivity index (χ3n) is 2.85. The van der Waals surface area contributed by atoms with Crippen molar-refractivity contribution in [2.75, 3.05) is 7.05 Å². The van der Waals surface area contributed by atoms with Crippen LogP contribution in [0.5, 0.6) is 0 Å². The molecule has 80 valence electrons. The second-order valence-corrected chi connectivity index (χ2v) is 5.02. The molecule has 1 heterocycles. The lowest BCUT2D eigenvalue weighted by Crippen LogP contribution is -2.29. The van der Waals surface area contributed by atoms with Crippen molar-refractivity contribution >= 4 is 11.3 Å². The maximum Gasteiger partial charge on any atom is 0.0974 e. The summed E-state index contributed by atoms with van der Waals surface area (Å²) in [6.07, 6.45) is 1.15. The molecule has 2 nitrogen and oxygen atoms in total. The summed E-state index contributed by atoms with van der Waals surface area (Å²) in [6.45, 7) is 8.69. The fourth-order valence-electron chi connectivity index (χ4n) is 1.67. The summed E-state index contributed by atoms with van der Waals surface area (Å²) in [6, 6.07) is 0.542. The second-order valence-electron chi connectivity index (χ2n) is 3.79. The van der Waals surface area contributed by atoms with Crippen LogP contribution < -0.4 is 5.32 Å². The van der Waals surface area contributed by atoms with Gasteiger partial charge in [0.2, 0.25) is 0 Å². The first-order valence-corrected chi connectivity index (χ1v) is 6.03. The maximum absolute atomic E-state index is 4.61. The van der Waals surface area contributed by atoms with Gasteiger partial charge < -0.3 is 5.32 Å². The van der Waals surface area contributed by atoms with Gasteiger partial charge in [0.25, 0.3) is 0 Å². The second kappa shape index (κ2) is 4.89. The van der Waals surface area contributed by atoms with Gasteiger partial charge in [-0.2, -0.15) is 0 Å². The first-order valence-electron chi connectivity index (χ1n) is 5.21. The van der Waals surface area contributed by atoms with E-state index >= 15 is 0 Å². The van der Waals surface area contributed by atoms with Crippen LogP contribution in [0.4, 0.5) is 0 Å². The zero-order valence-corrected chi connectivity index (χ0v) is 10.5. The summed E-state index contributed by atoms with van der Waals surface area (Å²) < 4.78 is 0. The monoisotopic (exact) mass is 212 g/mol. The minimum absolute atomic E-state index is 0.516. The summed E-state index contributed by atoms with van der Waals surface area (Å²) in [5.41, 5.74) is 1.18. The summed E-state index contributed by atoms with van der Waals surface area (Å²) in [5, 5.41) is 4.61. The number of likely N-dealkylation sites (N-methyl/N-ethyl adjacent to an activating group) is 1. The van der Waals surface area contributed by atoms with Gasteiger partial charge >= 0.3 is 0 Å². The quantitative estimate of drug-likeness (QED) is 0.830. The minimum atomic E-state index is 0.516. The Balaban J connectivity index is 2.82. The van der Waals surface area contributed by atoms with Crippen molar-refractivity contribution in [3.05, 3.63) is 15.6 Å². The first-order chi connectivity index (χ1) is 6.60. The van der Waals surface area contributed by atoms with Crippen molar-refractivity contribution in [1.82, 2.24) is 10.3 Å². The van der Waals surface area contributed by atoms with Crippen LogP contribution in [0.1, 0.15) is 41.8 Å². The zero-order chi connectivity index (χ0) is 10.7. The SMILES string of the molecule is CCC(NC)C(C)c1nc(C)c(C)s1. The number of nitrogens with one attached hydrogen (secondary N) is 1. The topological polar surface area (TPSA) is 24.9 Å². The van der Waals surface area contributed by atoms with Crippen LogP contribution in [0.2, 0.25) is 0 Å². The van der Waals surface area contributed by atoms with E-state index in [2.05, 4.69) is 38.0 Å². The van der Waals surface area contributed by atoms with Crippen LogP contribution >= 0.6 is 11.3 Å². The highest BCUT2D eigenvalue weighted by atomic mass is 32.1. The van der Waals surface area contributed by atoms with Crippen molar-refractivity contribution in [3.8, 4) is 0 Å². The molecular formula is C11H20N2S. The number of nitrogens with zero attached hydrogens (tertiary/aromatic N) is 1. The van der Waals surface area contributed by atoms with Crippen LogP contribution in [-0.2, 0) is 0 Å². The van der Waals surface area contributed by atoms with Gasteiger partial charge in [-0.25, -0.2) is 4.98 Å². The van der Waals surface area contributed by atoms with Crippen molar-refractivity contribution in [2.24, 2.45) is 0 Å². The third-order valence-corrected chi connectivity index (χ3v) is 4.12. The van der Waals surface area contributed by atoms with Crippen molar-refractivity contribution in [3.63, 3.8) is 0 Å². The Morgan fingerprint density at radius 3 is 2.43 bits per heavy atom. The molecule has 1 aromatic heterocycles. The largest absolute Gasteiger partial charge is 0.316 e. The van der Waals surface area contributed by atoms with E-state index in [9.17, 15) is 0 Å². The van der Waals surface area contributed by atoms with E-state index in [0.29, 0.717) is 12.0 Å². The Kier molecular flexibility index (Phi) is 4.08. The highest BCUT2D eigenvalue weighted by molar-refractivity contribution is 7.11. The van der Waals surface area contributed by atoms with Crippen LogP contribution in [0, 0.1) is 13.8 Å². The summed E-state index contributed by atoms with van der Waals surface area (Å²) in [4.78, 5) is 5.95. The predicted octanol–water partition coefficient (Wildman–Crippen LogP) is 2.86. The molecule has 0 aromatic carbocycles. The molecular weight excluding hydrogens is 192 g/mol. The van der Waals surface area contributed by atoms with Gasteiger partial charge in [-0.05, 0) is 27.3 Å². The molecule has 0 radical (unpaired) electrons. The van der Waals surface area contributed by atoms with E-state index in [1.807, 2.05) is 18.4 Å². The van der Waals surface area contributed by atoms with Crippen molar-refractivity contribution < 1.29 is 0 Å². The van der Waals surface area contributed by atoms with Gasteiger partial charge in [0.1, 0.15) is 0 Å². The molecule has 2 unspecified atom stereocenters. The van der Waals surface area contributed by atoms with Crippen LogP contribution in [0.3, 0.4) is 0 Å². The minimum Gasteiger partial charge on any atom is -0.316 e. The summed E-state index contributed by atoms with van der Waals surface area (Å²) in [7, 11) is 2.03. The fraction of sp³-hybridized carbons (Fsp3) is 0.727. The number of aromatic nitrogens is 1. The van der Waals surface area contributed by atoms with Gasteiger partial charge in [0.15, 0.2) is 0 Å². The molecule has 1 aromatic rings. The molecule has 0 fully saturated rings. The Morgan fingerprint density at radius 1 is 1.43 bits per heavy atom. The highest BCUT2D eigenvalue weighted by Crippen LogP contribution is 2.27. The van der Waals surface area contributed by atoms with Crippen molar-refractivity contribution in [1.29, 1.82) is 0 Å². The van der Waals surface area contributed by atoms with Crippen LogP contribution in [0.15, 0.2) is 0 Å². The summed E-state index contributed by atoms with van der Waals surface area (Å²) in [5.74, 6) is 0.516. The smallest absolute Gasteiger partial charge is 0.0974 e. The lowest BCUT2D eigenvalue weighted by Gasteiger charge is -2.19. The van der Waals surface area contributed by atoms with E-state index in [0.717, 1.165) is 6.42 Å². The van der Waals surface area contributed by atoms with Gasteiger partial charge in [-0.1, -0.05) is 13.8 Å². The lowest BCUT2D eigenvalue weighted by molar-refractivity contribution is 0.471. The molecule has 0 aliphatic heterocycles. The fourth-order valence-corrected chi connectivity index (χ4v) is 2.71. The number of hydrogen-bond acceptors (Lipinski definition) is 3. The Morgan fingerprint density at radius 2 is 2.07 bits per heavy atom. The van der Waals surface area contributed by atoms with E-state index in [4.69, 9.17) is 0 Å². The van der Waals surface area contributed by atoms with Gasteiger partial charge in [0.05, 0.1) is 10.7 Å². The van der Waals surface area contributed by atoms with Gasteiger partial charge in [-0.15, -0.1) is 11.3 Å². The number of thiazole rings is 1. The first kappa shape index (κ1) is 11.7. The van der Waals surface area contributed by atoms with E-state index in [1.54, 1.807) is 0 Å². The van der Waals surface area contributed by atoms with E-state index < -0.39 is 0 Å². The normalized spacial score (nSPS) is 15.5. The summed E-state index contributed by atoms with van der Waals surface area (Å²) >= 11 is 1.83. The average Bonchev–Trinajstić information content (AvgIpc) is 2.49. The molecule has 0 aliphatic carbocycles. The predicted molar refractivity (Wildman–Crippen MR) is 63.1 cm³/mol. The lowest BCUT2D eigenvalue weighted by atomic mass is 10.0. The molecule has 2 atom stereocenters. The maximum atomic E-state index is 4.61. The number of aryl methyl sites for hydroxylation is 2. The molecule has 1 N–H and O–H groups in total. The standard InChI is InChI=1S/C11H20N2S/c1-6-10(12-5)7(2)11-13-8(3)9(4)14-11/h7,10,12H,6H2,1-5H3. The van der Waals surface area contributed by atoms with Crippen molar-refractivity contribution in [2.45, 2.75) is 46.1 Å². The molecule has 3 heteroatoms.